The van der Waals surface area contributed by atoms with Gasteiger partial charge in [0.05, 0.1) is 5.52 Å². The normalized spacial score (nSPS) is 10.7. The maximum atomic E-state index is 11.1. The van der Waals surface area contributed by atoms with Crippen molar-refractivity contribution in [2.45, 2.75) is 19.8 Å². The molecule has 2 aromatic rings. The van der Waals surface area contributed by atoms with E-state index in [-0.39, 0.29) is 5.69 Å². The molecule has 0 saturated heterocycles. The molecular weight excluding hydrogens is 240 g/mol. The summed E-state index contributed by atoms with van der Waals surface area (Å²) in [7, 11) is 0. The van der Waals surface area contributed by atoms with Gasteiger partial charge in [0.15, 0.2) is 5.69 Å². The van der Waals surface area contributed by atoms with Crippen molar-refractivity contribution in [2.75, 3.05) is 0 Å². The number of hydrogen-bond donors (Lipinski definition) is 1. The number of aromatic nitrogens is 2. The van der Waals surface area contributed by atoms with Gasteiger partial charge >= 0.3 is 5.97 Å². The van der Waals surface area contributed by atoms with Crippen molar-refractivity contribution in [2.24, 2.45) is 0 Å². The Labute approximate surface area is 103 Å². The lowest BCUT2D eigenvalue weighted by molar-refractivity contribution is 0.0692. The van der Waals surface area contributed by atoms with E-state index in [9.17, 15) is 4.79 Å². The Morgan fingerprint density at radius 3 is 2.82 bits per heavy atom. The minimum Gasteiger partial charge on any atom is -0.476 e. The van der Waals surface area contributed by atoms with Crippen LogP contribution in [0.4, 0.5) is 0 Å². The second-order valence-electron chi connectivity index (χ2n) is 3.71. The summed E-state index contributed by atoms with van der Waals surface area (Å²) >= 11 is 5.85. The van der Waals surface area contributed by atoms with E-state index < -0.39 is 5.97 Å². The molecule has 0 aliphatic rings. The highest BCUT2D eigenvalue weighted by Crippen LogP contribution is 2.21. The molecule has 5 heteroatoms. The minimum atomic E-state index is -1.06. The summed E-state index contributed by atoms with van der Waals surface area (Å²) in [5, 5.41) is 10.1. The van der Waals surface area contributed by atoms with Gasteiger partial charge in [-0.05, 0) is 24.6 Å². The predicted molar refractivity (Wildman–Crippen MR) is 65.5 cm³/mol. The highest BCUT2D eigenvalue weighted by Gasteiger charge is 2.13. The van der Waals surface area contributed by atoms with Crippen molar-refractivity contribution >= 4 is 28.5 Å². The number of carbonyl (C=O) groups is 1. The van der Waals surface area contributed by atoms with Gasteiger partial charge in [-0.1, -0.05) is 18.5 Å². The highest BCUT2D eigenvalue weighted by atomic mass is 35.5. The summed E-state index contributed by atoms with van der Waals surface area (Å²) < 4.78 is 0. The van der Waals surface area contributed by atoms with Crippen LogP contribution >= 0.6 is 11.6 Å². The third-order valence-electron chi connectivity index (χ3n) is 2.38. The number of fused-ring (bicyclic) bond motifs is 1. The first-order valence-electron chi connectivity index (χ1n) is 5.31. The Hall–Kier alpha value is -1.68. The molecule has 1 heterocycles. The highest BCUT2D eigenvalue weighted by molar-refractivity contribution is 6.31. The van der Waals surface area contributed by atoms with Crippen LogP contribution in [0.2, 0.25) is 5.02 Å². The van der Waals surface area contributed by atoms with Crippen molar-refractivity contribution in [1.29, 1.82) is 0 Å². The Bertz CT molecular complexity index is 584. The molecule has 0 unspecified atom stereocenters. The zero-order valence-electron chi connectivity index (χ0n) is 9.27. The maximum Gasteiger partial charge on any atom is 0.355 e. The molecule has 0 aliphatic heterocycles. The molecule has 1 N–H and O–H groups in total. The van der Waals surface area contributed by atoms with Crippen molar-refractivity contribution in [3.63, 3.8) is 0 Å². The Morgan fingerprint density at radius 1 is 1.41 bits per heavy atom. The van der Waals surface area contributed by atoms with Gasteiger partial charge in [-0.3, -0.25) is 0 Å². The van der Waals surface area contributed by atoms with Crippen LogP contribution in [0.1, 0.15) is 29.7 Å². The molecule has 1 aromatic carbocycles. The minimum absolute atomic E-state index is 0.0148. The number of nitrogens with zero attached hydrogens (tertiary/aromatic N) is 2. The molecule has 17 heavy (non-hydrogen) atoms. The Kier molecular flexibility index (Phi) is 3.24. The molecule has 0 spiro atoms. The van der Waals surface area contributed by atoms with E-state index in [1.54, 1.807) is 18.2 Å². The van der Waals surface area contributed by atoms with E-state index in [2.05, 4.69) is 9.97 Å². The summed E-state index contributed by atoms with van der Waals surface area (Å²) in [6, 6.07) is 4.99. The number of rotatable bonds is 3. The number of hydrogen-bond acceptors (Lipinski definition) is 3. The van der Waals surface area contributed by atoms with Crippen molar-refractivity contribution in [1.82, 2.24) is 9.97 Å². The fourth-order valence-electron chi connectivity index (χ4n) is 1.65. The smallest absolute Gasteiger partial charge is 0.355 e. The van der Waals surface area contributed by atoms with E-state index >= 15 is 0 Å². The summed E-state index contributed by atoms with van der Waals surface area (Å²) in [6.07, 6.45) is 1.54. The topological polar surface area (TPSA) is 63.1 Å². The SMILES string of the molecule is CCCc1nc(C(=O)O)c2cc(Cl)ccc2n1. The molecule has 0 amide bonds. The Morgan fingerprint density at radius 2 is 2.18 bits per heavy atom. The van der Waals surface area contributed by atoms with E-state index in [0.717, 1.165) is 6.42 Å². The van der Waals surface area contributed by atoms with Crippen LogP contribution in [0.25, 0.3) is 10.9 Å². The molecule has 0 aliphatic carbocycles. The standard InChI is InChI=1S/C12H11ClN2O2/c1-2-3-10-14-9-5-4-7(13)6-8(9)11(15-10)12(16)17/h4-6H,2-3H2,1H3,(H,16,17). The van der Waals surface area contributed by atoms with E-state index in [0.29, 0.717) is 28.2 Å². The second kappa shape index (κ2) is 4.67. The van der Waals surface area contributed by atoms with E-state index in [4.69, 9.17) is 16.7 Å². The van der Waals surface area contributed by atoms with Crippen LogP contribution in [-0.4, -0.2) is 21.0 Å². The quantitative estimate of drug-likeness (QED) is 0.910. The van der Waals surface area contributed by atoms with Gasteiger partial charge in [0.2, 0.25) is 0 Å². The number of carboxylic acids is 1. The van der Waals surface area contributed by atoms with E-state index in [1.807, 2.05) is 6.92 Å². The molecule has 0 saturated carbocycles. The number of carboxylic acid groups (broad SMARTS) is 1. The summed E-state index contributed by atoms with van der Waals surface area (Å²) in [5.74, 6) is -0.503. The molecule has 0 bridgehead atoms. The zero-order chi connectivity index (χ0) is 12.4. The summed E-state index contributed by atoms with van der Waals surface area (Å²) in [4.78, 5) is 19.5. The molecule has 1 aromatic heterocycles. The lowest BCUT2D eigenvalue weighted by Gasteiger charge is -2.05. The molecular formula is C12H11ClN2O2. The number of aromatic carboxylic acids is 1. The first kappa shape index (κ1) is 11.8. The number of benzene rings is 1. The van der Waals surface area contributed by atoms with Gasteiger partial charge in [-0.15, -0.1) is 0 Å². The van der Waals surface area contributed by atoms with Crippen molar-refractivity contribution in [3.8, 4) is 0 Å². The summed E-state index contributed by atoms with van der Waals surface area (Å²) in [5.41, 5.74) is 0.631. The van der Waals surface area contributed by atoms with Gasteiger partial charge in [0.25, 0.3) is 0 Å². The van der Waals surface area contributed by atoms with Crippen LogP contribution in [0.5, 0.6) is 0 Å². The van der Waals surface area contributed by atoms with Crippen LogP contribution < -0.4 is 0 Å². The third-order valence-corrected chi connectivity index (χ3v) is 2.62. The second-order valence-corrected chi connectivity index (χ2v) is 4.14. The number of aryl methyl sites for hydroxylation is 1. The van der Waals surface area contributed by atoms with Crippen LogP contribution in [0.15, 0.2) is 18.2 Å². The molecule has 0 fully saturated rings. The fourth-order valence-corrected chi connectivity index (χ4v) is 1.82. The van der Waals surface area contributed by atoms with Gasteiger partial charge in [0.1, 0.15) is 5.82 Å². The molecule has 4 nitrogen and oxygen atoms in total. The third kappa shape index (κ3) is 2.36. The summed E-state index contributed by atoms with van der Waals surface area (Å²) in [6.45, 7) is 2.00. The predicted octanol–water partition coefficient (Wildman–Crippen LogP) is 2.93. The largest absolute Gasteiger partial charge is 0.476 e. The van der Waals surface area contributed by atoms with Crippen LogP contribution in [-0.2, 0) is 6.42 Å². The zero-order valence-corrected chi connectivity index (χ0v) is 10.0. The molecule has 88 valence electrons. The lowest BCUT2D eigenvalue weighted by atomic mass is 10.1. The fraction of sp³-hybridized carbons (Fsp3) is 0.250. The van der Waals surface area contributed by atoms with Crippen molar-refractivity contribution < 1.29 is 9.90 Å². The van der Waals surface area contributed by atoms with Gasteiger partial charge in [-0.25, -0.2) is 14.8 Å². The van der Waals surface area contributed by atoms with Gasteiger partial charge < -0.3 is 5.11 Å². The average Bonchev–Trinajstić information content (AvgIpc) is 2.28. The van der Waals surface area contributed by atoms with Crippen molar-refractivity contribution in [3.05, 3.63) is 34.7 Å². The lowest BCUT2D eigenvalue weighted by Crippen LogP contribution is -2.06. The van der Waals surface area contributed by atoms with Crippen LogP contribution in [0.3, 0.4) is 0 Å². The van der Waals surface area contributed by atoms with Gasteiger partial charge in [0, 0.05) is 16.8 Å². The van der Waals surface area contributed by atoms with Gasteiger partial charge in [-0.2, -0.15) is 0 Å². The Balaban J connectivity index is 2.72. The monoisotopic (exact) mass is 250 g/mol. The van der Waals surface area contributed by atoms with Crippen LogP contribution in [0, 0.1) is 0 Å². The molecule has 0 radical (unpaired) electrons. The molecule has 2 rings (SSSR count). The van der Waals surface area contributed by atoms with E-state index in [1.165, 1.54) is 0 Å². The number of halogens is 1. The average molecular weight is 251 g/mol. The maximum absolute atomic E-state index is 11.1. The first-order chi connectivity index (χ1) is 8.11. The molecule has 0 atom stereocenters. The first-order valence-corrected chi connectivity index (χ1v) is 5.69.